The third-order valence-electron chi connectivity index (χ3n) is 5.00. The summed E-state index contributed by atoms with van der Waals surface area (Å²) in [6, 6.07) is 0. The smallest absolute Gasteiger partial charge is 0.323 e. The van der Waals surface area contributed by atoms with Gasteiger partial charge in [0.1, 0.15) is 0 Å². The zero-order chi connectivity index (χ0) is 16.8. The predicted molar refractivity (Wildman–Crippen MR) is 92.9 cm³/mol. The maximum atomic E-state index is 5.97. The maximum Gasteiger partial charge on any atom is 0.323 e. The Kier molecular flexibility index (Phi) is 8.77. The van der Waals surface area contributed by atoms with Gasteiger partial charge in [-0.1, -0.05) is 13.8 Å². The van der Waals surface area contributed by atoms with Crippen LogP contribution in [0.5, 0.6) is 0 Å². The summed E-state index contributed by atoms with van der Waals surface area (Å²) in [5, 5.41) is 0. The Balaban J connectivity index is 2.42. The van der Waals surface area contributed by atoms with Gasteiger partial charge in [0.25, 0.3) is 0 Å². The van der Waals surface area contributed by atoms with Gasteiger partial charge in [-0.2, -0.15) is 0 Å². The van der Waals surface area contributed by atoms with Gasteiger partial charge in [0.15, 0.2) is 0 Å². The summed E-state index contributed by atoms with van der Waals surface area (Å²) in [6.07, 6.45) is 4.75. The van der Waals surface area contributed by atoms with E-state index >= 15 is 0 Å². The molecule has 0 N–H and O–H groups in total. The van der Waals surface area contributed by atoms with Crippen molar-refractivity contribution in [2.24, 2.45) is 0 Å². The van der Waals surface area contributed by atoms with Gasteiger partial charge in [-0.05, 0) is 43.7 Å². The molecule has 7 heteroatoms. The second-order valence-corrected chi connectivity index (χ2v) is 12.2. The summed E-state index contributed by atoms with van der Waals surface area (Å²) in [6.45, 7) is 6.64. The van der Waals surface area contributed by atoms with E-state index in [0.29, 0.717) is 17.2 Å². The second-order valence-electron chi connectivity index (χ2n) is 6.54. The number of epoxide rings is 1. The summed E-state index contributed by atoms with van der Waals surface area (Å²) < 4.78 is 27.9. The van der Waals surface area contributed by atoms with Crippen molar-refractivity contribution in [1.82, 2.24) is 0 Å². The van der Waals surface area contributed by atoms with Crippen molar-refractivity contribution < 1.29 is 22.4 Å². The standard InChI is InChI=1S/C15H34O5Si2/c1-12(21(16-4)17-5)8-10-15(14(3)20-15)11-9-13(2)22(18-6)19-7/h12-14,21-22H,8-11H2,1-7H3. The quantitative estimate of drug-likeness (QED) is 0.400. The summed E-state index contributed by atoms with van der Waals surface area (Å²) in [4.78, 5) is 0. The molecular formula is C15H34O5Si2. The topological polar surface area (TPSA) is 49.5 Å². The van der Waals surface area contributed by atoms with E-state index in [1.54, 1.807) is 28.4 Å². The van der Waals surface area contributed by atoms with E-state index in [2.05, 4.69) is 20.8 Å². The first kappa shape index (κ1) is 20.3. The van der Waals surface area contributed by atoms with Crippen molar-refractivity contribution in [3.05, 3.63) is 0 Å². The lowest BCUT2D eigenvalue weighted by Gasteiger charge is -2.23. The molecule has 0 aromatic rings. The number of hydrogen-bond donors (Lipinski definition) is 0. The number of rotatable bonds is 12. The molecule has 0 aliphatic carbocycles. The monoisotopic (exact) mass is 350 g/mol. The minimum Gasteiger partial charge on any atom is -0.400 e. The van der Waals surface area contributed by atoms with Crippen molar-refractivity contribution >= 4 is 18.6 Å². The van der Waals surface area contributed by atoms with Crippen LogP contribution in [0.25, 0.3) is 0 Å². The lowest BCUT2D eigenvalue weighted by atomic mass is 9.93. The van der Waals surface area contributed by atoms with Crippen LogP contribution in [0.15, 0.2) is 0 Å². The molecule has 1 fully saturated rings. The third kappa shape index (κ3) is 5.40. The Hall–Kier alpha value is 0.234. The Morgan fingerprint density at radius 2 is 1.18 bits per heavy atom. The van der Waals surface area contributed by atoms with E-state index in [4.69, 9.17) is 22.4 Å². The zero-order valence-corrected chi connectivity index (χ0v) is 17.6. The minimum absolute atomic E-state index is 0.0589. The van der Waals surface area contributed by atoms with Crippen LogP contribution in [0, 0.1) is 0 Å². The molecule has 0 spiro atoms. The van der Waals surface area contributed by atoms with Crippen LogP contribution in [0.4, 0.5) is 0 Å². The zero-order valence-electron chi connectivity index (χ0n) is 15.3. The Bertz CT molecular complexity index is 288. The first-order chi connectivity index (χ1) is 10.4. The molecule has 0 aromatic heterocycles. The van der Waals surface area contributed by atoms with Gasteiger partial charge in [0.05, 0.1) is 11.7 Å². The first-order valence-corrected chi connectivity index (χ1v) is 11.4. The molecule has 132 valence electrons. The molecule has 5 nitrogen and oxygen atoms in total. The van der Waals surface area contributed by atoms with Crippen molar-refractivity contribution in [1.29, 1.82) is 0 Å². The summed E-state index contributed by atoms with van der Waals surface area (Å²) in [7, 11) is 3.97. The fourth-order valence-corrected chi connectivity index (χ4v) is 6.43. The molecule has 1 heterocycles. The van der Waals surface area contributed by atoms with Crippen LogP contribution in [-0.2, 0) is 22.4 Å². The Morgan fingerprint density at radius 1 is 0.864 bits per heavy atom. The van der Waals surface area contributed by atoms with Crippen LogP contribution in [-0.4, -0.2) is 58.7 Å². The molecule has 3 atom stereocenters. The van der Waals surface area contributed by atoms with E-state index in [9.17, 15) is 0 Å². The average Bonchev–Trinajstić information content (AvgIpc) is 3.16. The summed E-state index contributed by atoms with van der Waals surface area (Å²) in [5.41, 5.74) is 1.06. The van der Waals surface area contributed by atoms with Gasteiger partial charge in [0, 0.05) is 28.4 Å². The van der Waals surface area contributed by atoms with Gasteiger partial charge < -0.3 is 22.4 Å². The van der Waals surface area contributed by atoms with Crippen LogP contribution in [0.1, 0.15) is 46.5 Å². The van der Waals surface area contributed by atoms with Gasteiger partial charge >= 0.3 is 18.6 Å². The van der Waals surface area contributed by atoms with Crippen molar-refractivity contribution in [3.8, 4) is 0 Å². The van der Waals surface area contributed by atoms with Gasteiger partial charge in [-0.15, -0.1) is 0 Å². The highest BCUT2D eigenvalue weighted by Gasteiger charge is 2.52. The first-order valence-electron chi connectivity index (χ1n) is 8.23. The maximum absolute atomic E-state index is 5.97. The summed E-state index contributed by atoms with van der Waals surface area (Å²) >= 11 is 0. The van der Waals surface area contributed by atoms with Gasteiger partial charge in [-0.3, -0.25) is 0 Å². The van der Waals surface area contributed by atoms with E-state index < -0.39 is 18.6 Å². The summed E-state index contributed by atoms with van der Waals surface area (Å²) in [5.74, 6) is 0. The molecule has 1 rings (SSSR count). The fourth-order valence-electron chi connectivity index (χ4n) is 3.31. The molecule has 1 aliphatic heterocycles. The van der Waals surface area contributed by atoms with Crippen molar-refractivity contribution in [3.63, 3.8) is 0 Å². The van der Waals surface area contributed by atoms with Gasteiger partial charge in [0.2, 0.25) is 0 Å². The van der Waals surface area contributed by atoms with E-state index in [-0.39, 0.29) is 5.60 Å². The van der Waals surface area contributed by atoms with Crippen LogP contribution in [0.2, 0.25) is 11.1 Å². The third-order valence-corrected chi connectivity index (χ3v) is 9.38. The highest BCUT2D eigenvalue weighted by Crippen LogP contribution is 2.47. The molecule has 0 bridgehead atoms. The normalized spacial score (nSPS) is 27.4. The SMILES string of the molecule is CO[SiH](OC)C(C)CCC1(CCC(C)[SiH](OC)OC)OC1C. The molecule has 0 aromatic carbocycles. The van der Waals surface area contributed by atoms with Crippen LogP contribution in [0.3, 0.4) is 0 Å². The van der Waals surface area contributed by atoms with Gasteiger partial charge in [-0.25, -0.2) is 0 Å². The molecule has 1 saturated heterocycles. The van der Waals surface area contributed by atoms with Crippen molar-refractivity contribution in [2.45, 2.75) is 69.2 Å². The predicted octanol–water partition coefficient (Wildman–Crippen LogP) is 2.51. The Morgan fingerprint density at radius 3 is 1.41 bits per heavy atom. The van der Waals surface area contributed by atoms with E-state index in [1.165, 1.54) is 0 Å². The van der Waals surface area contributed by atoms with E-state index in [1.807, 2.05) is 0 Å². The lowest BCUT2D eigenvalue weighted by Crippen LogP contribution is -2.28. The molecule has 0 radical (unpaired) electrons. The largest absolute Gasteiger partial charge is 0.400 e. The molecule has 1 aliphatic rings. The Labute approximate surface area is 139 Å². The van der Waals surface area contributed by atoms with Crippen LogP contribution >= 0.6 is 0 Å². The minimum atomic E-state index is -1.52. The highest BCUT2D eigenvalue weighted by molar-refractivity contribution is 6.46. The molecule has 0 saturated carbocycles. The second kappa shape index (κ2) is 9.51. The van der Waals surface area contributed by atoms with E-state index in [0.717, 1.165) is 25.7 Å². The van der Waals surface area contributed by atoms with Crippen molar-refractivity contribution in [2.75, 3.05) is 28.4 Å². The number of hydrogen-bond acceptors (Lipinski definition) is 5. The lowest BCUT2D eigenvalue weighted by molar-refractivity contribution is 0.234. The average molecular weight is 351 g/mol. The molecular weight excluding hydrogens is 316 g/mol. The van der Waals surface area contributed by atoms with Crippen LogP contribution < -0.4 is 0 Å². The number of ether oxygens (including phenoxy) is 1. The molecule has 0 amide bonds. The highest BCUT2D eigenvalue weighted by atomic mass is 28.3. The molecule has 22 heavy (non-hydrogen) atoms. The molecule has 3 unspecified atom stereocenters. The fraction of sp³-hybridized carbons (Fsp3) is 1.00.